The SMILES string of the molecule is COCCN(CCC=O)Cc1ccc(NC=O)cc1. The van der Waals surface area contributed by atoms with Crippen molar-refractivity contribution in [1.82, 2.24) is 4.90 Å². The second-order valence-electron chi connectivity index (χ2n) is 4.18. The molecule has 104 valence electrons. The van der Waals surface area contributed by atoms with E-state index >= 15 is 0 Å². The zero-order valence-corrected chi connectivity index (χ0v) is 11.2. The van der Waals surface area contributed by atoms with Gasteiger partial charge >= 0.3 is 0 Å². The van der Waals surface area contributed by atoms with Gasteiger partial charge in [-0.3, -0.25) is 9.69 Å². The lowest BCUT2D eigenvalue weighted by atomic mass is 10.2. The van der Waals surface area contributed by atoms with Crippen molar-refractivity contribution in [2.75, 3.05) is 32.1 Å². The zero-order valence-electron chi connectivity index (χ0n) is 11.2. The zero-order chi connectivity index (χ0) is 13.9. The molecule has 0 fully saturated rings. The first-order valence-corrected chi connectivity index (χ1v) is 6.24. The van der Waals surface area contributed by atoms with E-state index in [2.05, 4.69) is 10.2 Å². The summed E-state index contributed by atoms with van der Waals surface area (Å²) in [5, 5.41) is 2.60. The molecule has 5 nitrogen and oxygen atoms in total. The number of amides is 1. The van der Waals surface area contributed by atoms with Crippen molar-refractivity contribution in [2.45, 2.75) is 13.0 Å². The monoisotopic (exact) mass is 264 g/mol. The Balaban J connectivity index is 2.55. The van der Waals surface area contributed by atoms with Gasteiger partial charge in [-0.1, -0.05) is 12.1 Å². The molecule has 1 rings (SSSR count). The van der Waals surface area contributed by atoms with E-state index < -0.39 is 0 Å². The second kappa shape index (κ2) is 9.24. The number of nitrogens with one attached hydrogen (secondary N) is 1. The fraction of sp³-hybridized carbons (Fsp3) is 0.429. The largest absolute Gasteiger partial charge is 0.383 e. The van der Waals surface area contributed by atoms with Crippen LogP contribution >= 0.6 is 0 Å². The smallest absolute Gasteiger partial charge is 0.211 e. The van der Waals surface area contributed by atoms with Crippen LogP contribution in [0.2, 0.25) is 0 Å². The minimum Gasteiger partial charge on any atom is -0.383 e. The molecule has 0 aliphatic carbocycles. The average molecular weight is 264 g/mol. The number of carbonyl (C=O) groups is 2. The van der Waals surface area contributed by atoms with Crippen LogP contribution in [0.15, 0.2) is 24.3 Å². The Labute approximate surface area is 113 Å². The summed E-state index contributed by atoms with van der Waals surface area (Å²) in [6.45, 7) is 2.92. The van der Waals surface area contributed by atoms with Crippen molar-refractivity contribution >= 4 is 18.4 Å². The van der Waals surface area contributed by atoms with Crippen LogP contribution in [0.3, 0.4) is 0 Å². The molecule has 1 N–H and O–H groups in total. The Hall–Kier alpha value is -1.72. The molecule has 5 heteroatoms. The van der Waals surface area contributed by atoms with E-state index in [1.54, 1.807) is 7.11 Å². The summed E-state index contributed by atoms with van der Waals surface area (Å²) in [5.74, 6) is 0. The van der Waals surface area contributed by atoms with Crippen LogP contribution in [0.1, 0.15) is 12.0 Å². The summed E-state index contributed by atoms with van der Waals surface area (Å²) in [6.07, 6.45) is 2.11. The van der Waals surface area contributed by atoms with Gasteiger partial charge in [0.2, 0.25) is 6.41 Å². The van der Waals surface area contributed by atoms with Gasteiger partial charge < -0.3 is 14.8 Å². The van der Waals surface area contributed by atoms with E-state index in [0.717, 1.165) is 37.2 Å². The van der Waals surface area contributed by atoms with Crippen LogP contribution in [0.5, 0.6) is 0 Å². The molecule has 0 spiro atoms. The highest BCUT2D eigenvalue weighted by atomic mass is 16.5. The van der Waals surface area contributed by atoms with Crippen molar-refractivity contribution in [3.8, 4) is 0 Å². The summed E-state index contributed by atoms with van der Waals surface area (Å²) in [7, 11) is 1.66. The molecule has 0 saturated heterocycles. The lowest BCUT2D eigenvalue weighted by molar-refractivity contribution is -0.108. The van der Waals surface area contributed by atoms with Gasteiger partial charge in [0.1, 0.15) is 6.29 Å². The quantitative estimate of drug-likeness (QED) is 0.647. The maximum Gasteiger partial charge on any atom is 0.211 e. The highest BCUT2D eigenvalue weighted by molar-refractivity contribution is 5.71. The fourth-order valence-electron chi connectivity index (χ4n) is 1.76. The van der Waals surface area contributed by atoms with Crippen molar-refractivity contribution in [3.05, 3.63) is 29.8 Å². The van der Waals surface area contributed by atoms with E-state index in [1.807, 2.05) is 24.3 Å². The van der Waals surface area contributed by atoms with Crippen LogP contribution in [-0.4, -0.2) is 44.4 Å². The lowest BCUT2D eigenvalue weighted by Crippen LogP contribution is -2.28. The van der Waals surface area contributed by atoms with Crippen LogP contribution in [0.25, 0.3) is 0 Å². The molecule has 1 aromatic rings. The first-order chi connectivity index (χ1) is 9.30. The molecule has 0 heterocycles. The Morgan fingerprint density at radius 3 is 2.53 bits per heavy atom. The number of rotatable bonds is 10. The number of hydrogen-bond acceptors (Lipinski definition) is 4. The van der Waals surface area contributed by atoms with Crippen molar-refractivity contribution < 1.29 is 14.3 Å². The third-order valence-electron chi connectivity index (χ3n) is 2.76. The van der Waals surface area contributed by atoms with Crippen molar-refractivity contribution in [3.63, 3.8) is 0 Å². The van der Waals surface area contributed by atoms with E-state index in [9.17, 15) is 9.59 Å². The summed E-state index contributed by atoms with van der Waals surface area (Å²) in [6, 6.07) is 7.65. The summed E-state index contributed by atoms with van der Waals surface area (Å²) in [5.41, 5.74) is 1.91. The standard InChI is InChI=1S/C14H20N2O3/c1-19-10-8-16(7-2-9-17)11-13-3-5-14(6-4-13)15-12-18/h3-6,9,12H,2,7-8,10-11H2,1H3,(H,15,18). The number of nitrogens with zero attached hydrogens (tertiary/aromatic N) is 1. The number of anilines is 1. The van der Waals surface area contributed by atoms with Gasteiger partial charge in [0.05, 0.1) is 6.61 Å². The highest BCUT2D eigenvalue weighted by Gasteiger charge is 2.05. The van der Waals surface area contributed by atoms with Crippen LogP contribution in [0.4, 0.5) is 5.69 Å². The summed E-state index contributed by atoms with van der Waals surface area (Å²) < 4.78 is 5.06. The first-order valence-electron chi connectivity index (χ1n) is 6.24. The topological polar surface area (TPSA) is 58.6 Å². The molecule has 1 amide bonds. The molecule has 0 aliphatic rings. The van der Waals surface area contributed by atoms with Gasteiger partial charge in [-0.25, -0.2) is 0 Å². The van der Waals surface area contributed by atoms with Crippen LogP contribution in [0, 0.1) is 0 Å². The number of carbonyl (C=O) groups excluding carboxylic acids is 2. The molecule has 0 aromatic heterocycles. The number of benzene rings is 1. The number of aldehydes is 1. The third kappa shape index (κ3) is 6.13. The normalized spacial score (nSPS) is 10.4. The Kier molecular flexibility index (Phi) is 7.46. The van der Waals surface area contributed by atoms with Crippen molar-refractivity contribution in [1.29, 1.82) is 0 Å². The first kappa shape index (κ1) is 15.3. The molecule has 0 unspecified atom stereocenters. The predicted molar refractivity (Wildman–Crippen MR) is 74.0 cm³/mol. The van der Waals surface area contributed by atoms with Gasteiger partial charge in [0.25, 0.3) is 0 Å². The Morgan fingerprint density at radius 2 is 1.95 bits per heavy atom. The van der Waals surface area contributed by atoms with Gasteiger partial charge in [-0.15, -0.1) is 0 Å². The molecule has 0 radical (unpaired) electrons. The predicted octanol–water partition coefficient (Wildman–Crippen LogP) is 1.29. The van der Waals surface area contributed by atoms with Crippen molar-refractivity contribution in [2.24, 2.45) is 0 Å². The van der Waals surface area contributed by atoms with Gasteiger partial charge in [-0.2, -0.15) is 0 Å². The molecule has 0 aliphatic heterocycles. The minimum atomic E-state index is 0.522. The maximum atomic E-state index is 10.5. The number of hydrogen-bond donors (Lipinski definition) is 1. The molecule has 0 saturated carbocycles. The highest BCUT2D eigenvalue weighted by Crippen LogP contribution is 2.11. The molecular formula is C14H20N2O3. The second-order valence-corrected chi connectivity index (χ2v) is 4.18. The average Bonchev–Trinajstić information content (AvgIpc) is 2.44. The maximum absolute atomic E-state index is 10.5. The van der Waals surface area contributed by atoms with Gasteiger partial charge in [0, 0.05) is 38.9 Å². The number of ether oxygens (including phenoxy) is 1. The Bertz CT molecular complexity index is 379. The minimum absolute atomic E-state index is 0.522. The molecule has 19 heavy (non-hydrogen) atoms. The van der Waals surface area contributed by atoms with E-state index in [4.69, 9.17) is 4.74 Å². The number of methoxy groups -OCH3 is 1. The molecule has 1 aromatic carbocycles. The molecule has 0 bridgehead atoms. The van der Waals surface area contributed by atoms with E-state index in [1.165, 1.54) is 0 Å². The van der Waals surface area contributed by atoms with Crippen LogP contribution < -0.4 is 5.32 Å². The molecule has 0 atom stereocenters. The third-order valence-corrected chi connectivity index (χ3v) is 2.76. The van der Waals surface area contributed by atoms with E-state index in [0.29, 0.717) is 19.4 Å². The lowest BCUT2D eigenvalue weighted by Gasteiger charge is -2.21. The van der Waals surface area contributed by atoms with Gasteiger partial charge in [0.15, 0.2) is 0 Å². The summed E-state index contributed by atoms with van der Waals surface area (Å²) in [4.78, 5) is 22.9. The summed E-state index contributed by atoms with van der Waals surface area (Å²) >= 11 is 0. The molecular weight excluding hydrogens is 244 g/mol. The van der Waals surface area contributed by atoms with E-state index in [-0.39, 0.29) is 0 Å². The van der Waals surface area contributed by atoms with Gasteiger partial charge in [-0.05, 0) is 17.7 Å². The van der Waals surface area contributed by atoms with Crippen LogP contribution in [-0.2, 0) is 20.9 Å². The fourth-order valence-corrected chi connectivity index (χ4v) is 1.76. The Morgan fingerprint density at radius 1 is 1.21 bits per heavy atom.